The van der Waals surface area contributed by atoms with Gasteiger partial charge in [-0.1, -0.05) is 12.1 Å². The van der Waals surface area contributed by atoms with Crippen LogP contribution in [0.1, 0.15) is 46.3 Å². The normalized spacial score (nSPS) is 15.1. The van der Waals surface area contributed by atoms with E-state index in [-0.39, 0.29) is 5.69 Å². The van der Waals surface area contributed by atoms with Gasteiger partial charge in [0.15, 0.2) is 5.69 Å². The van der Waals surface area contributed by atoms with Crippen molar-refractivity contribution in [1.82, 2.24) is 14.8 Å². The van der Waals surface area contributed by atoms with Gasteiger partial charge in [-0.25, -0.2) is 9.07 Å². The maximum Gasteiger partial charge on any atom is 0.435 e. The van der Waals surface area contributed by atoms with E-state index in [9.17, 15) is 22.4 Å². The van der Waals surface area contributed by atoms with Crippen molar-refractivity contribution in [2.75, 3.05) is 6.61 Å². The van der Waals surface area contributed by atoms with Gasteiger partial charge in [0.2, 0.25) is 0 Å². The highest BCUT2D eigenvalue weighted by Crippen LogP contribution is 2.35. The molecular weight excluding hydrogens is 416 g/mol. The second-order valence-electron chi connectivity index (χ2n) is 7.34. The Kier molecular flexibility index (Phi) is 5.48. The fourth-order valence-corrected chi connectivity index (χ4v) is 3.17. The van der Waals surface area contributed by atoms with E-state index in [1.54, 1.807) is 24.5 Å². The minimum atomic E-state index is -4.82. The summed E-state index contributed by atoms with van der Waals surface area (Å²) in [6.07, 6.45) is -0.129. The molecule has 162 valence electrons. The quantitative estimate of drug-likeness (QED) is 0.569. The Morgan fingerprint density at radius 3 is 2.61 bits per heavy atom. The molecule has 10 heteroatoms. The summed E-state index contributed by atoms with van der Waals surface area (Å²) in [5.74, 6) is -1.59. The second-order valence-corrected chi connectivity index (χ2v) is 7.34. The van der Waals surface area contributed by atoms with Crippen LogP contribution in [0.25, 0.3) is 5.69 Å². The molecule has 1 aliphatic rings. The Labute approximate surface area is 174 Å². The SMILES string of the molecule is NC(=O)c1cc(C(F)(F)F)nn1-c1cc(C(OCC2CC2)c2cccnc2)ccc1F. The highest BCUT2D eigenvalue weighted by atomic mass is 19.4. The van der Waals surface area contributed by atoms with Crippen LogP contribution in [0.2, 0.25) is 0 Å². The van der Waals surface area contributed by atoms with Crippen molar-refractivity contribution in [3.8, 4) is 5.69 Å². The number of halogens is 4. The average Bonchev–Trinajstić information content (AvgIpc) is 3.43. The molecule has 2 N–H and O–H groups in total. The molecule has 1 atom stereocenters. The lowest BCUT2D eigenvalue weighted by atomic mass is 10.0. The second kappa shape index (κ2) is 8.10. The van der Waals surface area contributed by atoms with Crippen LogP contribution in [0.5, 0.6) is 0 Å². The number of pyridine rings is 1. The molecule has 1 aliphatic carbocycles. The molecule has 0 spiro atoms. The van der Waals surface area contributed by atoms with Crippen LogP contribution in [-0.4, -0.2) is 27.3 Å². The van der Waals surface area contributed by atoms with Crippen LogP contribution in [0.3, 0.4) is 0 Å². The maximum absolute atomic E-state index is 14.6. The molecule has 1 unspecified atom stereocenters. The summed E-state index contributed by atoms with van der Waals surface area (Å²) in [4.78, 5) is 15.8. The number of rotatable bonds is 7. The lowest BCUT2D eigenvalue weighted by Gasteiger charge is -2.20. The first-order valence-corrected chi connectivity index (χ1v) is 9.52. The summed E-state index contributed by atoms with van der Waals surface area (Å²) < 4.78 is 60.6. The summed E-state index contributed by atoms with van der Waals surface area (Å²) in [7, 11) is 0. The molecule has 0 bridgehead atoms. The number of hydrogen-bond acceptors (Lipinski definition) is 4. The van der Waals surface area contributed by atoms with Crippen LogP contribution in [0.15, 0.2) is 48.8 Å². The van der Waals surface area contributed by atoms with E-state index in [4.69, 9.17) is 10.5 Å². The number of carbonyl (C=O) groups excluding carboxylic acids is 1. The number of amides is 1. The highest BCUT2D eigenvalue weighted by Gasteiger charge is 2.36. The Hall–Kier alpha value is -3.27. The molecular formula is C21H18F4N4O2. The highest BCUT2D eigenvalue weighted by molar-refractivity contribution is 5.91. The average molecular weight is 434 g/mol. The van der Waals surface area contributed by atoms with E-state index < -0.39 is 35.4 Å². The summed E-state index contributed by atoms with van der Waals surface area (Å²) >= 11 is 0. The van der Waals surface area contributed by atoms with Gasteiger partial charge in [-0.15, -0.1) is 0 Å². The van der Waals surface area contributed by atoms with Crippen molar-refractivity contribution >= 4 is 5.91 Å². The van der Waals surface area contributed by atoms with E-state index in [1.165, 1.54) is 12.1 Å². The summed E-state index contributed by atoms with van der Waals surface area (Å²) in [5.41, 5.74) is 4.12. The zero-order valence-electron chi connectivity index (χ0n) is 16.1. The van der Waals surface area contributed by atoms with Gasteiger partial charge in [0.1, 0.15) is 23.3 Å². The number of nitrogens with zero attached hydrogens (tertiary/aromatic N) is 3. The third-order valence-corrected chi connectivity index (χ3v) is 4.94. The van der Waals surface area contributed by atoms with Crippen LogP contribution in [-0.2, 0) is 10.9 Å². The fraction of sp³-hybridized carbons (Fsp3) is 0.286. The van der Waals surface area contributed by atoms with Gasteiger partial charge in [0, 0.05) is 24.0 Å². The zero-order valence-corrected chi connectivity index (χ0v) is 16.1. The third kappa shape index (κ3) is 4.58. The monoisotopic (exact) mass is 434 g/mol. The van der Waals surface area contributed by atoms with Crippen molar-refractivity contribution in [3.05, 3.63) is 77.1 Å². The Morgan fingerprint density at radius 1 is 1.23 bits per heavy atom. The summed E-state index contributed by atoms with van der Waals surface area (Å²) in [6.45, 7) is 0.485. The largest absolute Gasteiger partial charge is 0.435 e. The standard InChI is InChI=1S/C21H18F4N4O2/c22-15-6-5-13(19(31-11-12-3-4-12)14-2-1-7-27-10-14)8-16(15)29-17(20(26)30)9-18(28-29)21(23,24)25/h1-2,5-10,12,19H,3-4,11H2,(H2,26,30). The molecule has 6 nitrogen and oxygen atoms in total. The van der Waals surface area contributed by atoms with Crippen LogP contribution in [0, 0.1) is 11.7 Å². The van der Waals surface area contributed by atoms with Crippen molar-refractivity contribution in [2.45, 2.75) is 25.1 Å². The van der Waals surface area contributed by atoms with E-state index >= 15 is 0 Å². The van der Waals surface area contributed by atoms with Crippen LogP contribution < -0.4 is 5.73 Å². The maximum atomic E-state index is 14.6. The van der Waals surface area contributed by atoms with Gasteiger partial charge >= 0.3 is 6.18 Å². The molecule has 31 heavy (non-hydrogen) atoms. The number of aromatic nitrogens is 3. The topological polar surface area (TPSA) is 83.0 Å². The number of hydrogen-bond donors (Lipinski definition) is 1. The van der Waals surface area contributed by atoms with E-state index in [2.05, 4.69) is 10.1 Å². The number of nitrogens with two attached hydrogens (primary N) is 1. The fourth-order valence-electron chi connectivity index (χ4n) is 3.17. The molecule has 2 aromatic heterocycles. The first-order valence-electron chi connectivity index (χ1n) is 9.52. The number of carbonyl (C=O) groups is 1. The van der Waals surface area contributed by atoms with Crippen LogP contribution in [0.4, 0.5) is 17.6 Å². The van der Waals surface area contributed by atoms with E-state index in [1.807, 2.05) is 0 Å². The lowest BCUT2D eigenvalue weighted by Crippen LogP contribution is -2.18. The van der Waals surface area contributed by atoms with Crippen molar-refractivity contribution < 1.29 is 27.1 Å². The number of benzene rings is 1. The lowest BCUT2D eigenvalue weighted by molar-refractivity contribution is -0.141. The molecule has 1 amide bonds. The minimum Gasteiger partial charge on any atom is -0.368 e. The molecule has 3 aromatic rings. The molecule has 0 radical (unpaired) electrons. The van der Waals surface area contributed by atoms with E-state index in [0.717, 1.165) is 18.9 Å². The first kappa shape index (κ1) is 21.0. The number of primary amides is 1. The predicted octanol–water partition coefficient (Wildman–Crippen LogP) is 4.04. The van der Waals surface area contributed by atoms with E-state index in [0.29, 0.717) is 34.4 Å². The van der Waals surface area contributed by atoms with Gasteiger partial charge in [-0.05, 0) is 42.5 Å². The van der Waals surface area contributed by atoms with Gasteiger partial charge in [0.05, 0.1) is 6.61 Å². The van der Waals surface area contributed by atoms with Gasteiger partial charge in [-0.2, -0.15) is 18.3 Å². The van der Waals surface area contributed by atoms with Crippen LogP contribution >= 0.6 is 0 Å². The minimum absolute atomic E-state index is 0.342. The van der Waals surface area contributed by atoms with Crippen molar-refractivity contribution in [3.63, 3.8) is 0 Å². The number of alkyl halides is 3. The van der Waals surface area contributed by atoms with Crippen molar-refractivity contribution in [2.24, 2.45) is 11.7 Å². The predicted molar refractivity (Wildman–Crippen MR) is 102 cm³/mol. The molecule has 0 aliphatic heterocycles. The summed E-state index contributed by atoms with van der Waals surface area (Å²) in [6, 6.07) is 7.88. The first-order chi connectivity index (χ1) is 14.7. The molecule has 1 saturated carbocycles. The number of ether oxygens (including phenoxy) is 1. The van der Waals surface area contributed by atoms with Gasteiger partial charge < -0.3 is 10.5 Å². The Bertz CT molecular complexity index is 1090. The zero-order chi connectivity index (χ0) is 22.2. The van der Waals surface area contributed by atoms with Crippen molar-refractivity contribution in [1.29, 1.82) is 0 Å². The smallest absolute Gasteiger partial charge is 0.368 e. The molecule has 2 heterocycles. The third-order valence-electron chi connectivity index (χ3n) is 4.94. The molecule has 1 fully saturated rings. The Morgan fingerprint density at radius 2 is 2.00 bits per heavy atom. The van der Waals surface area contributed by atoms with Gasteiger partial charge in [0.25, 0.3) is 5.91 Å². The van der Waals surface area contributed by atoms with Gasteiger partial charge in [-0.3, -0.25) is 9.78 Å². The molecule has 1 aromatic carbocycles. The Balaban J connectivity index is 1.79. The molecule has 4 rings (SSSR count). The summed E-state index contributed by atoms with van der Waals surface area (Å²) in [5, 5.41) is 3.39. The molecule has 0 saturated heterocycles.